The van der Waals surface area contributed by atoms with Crippen molar-refractivity contribution >= 4 is 22.6 Å². The van der Waals surface area contributed by atoms with Crippen molar-refractivity contribution in [2.75, 3.05) is 18.0 Å². The molecule has 4 rings (SSSR count). The zero-order chi connectivity index (χ0) is 25.3. The first kappa shape index (κ1) is 24.5. The van der Waals surface area contributed by atoms with Crippen LogP contribution >= 0.6 is 0 Å². The third-order valence-electron chi connectivity index (χ3n) is 6.11. The fourth-order valence-electron chi connectivity index (χ4n) is 4.27. The summed E-state index contributed by atoms with van der Waals surface area (Å²) in [5, 5.41) is 0. The van der Waals surface area contributed by atoms with E-state index in [-0.39, 0.29) is 35.6 Å². The minimum atomic E-state index is -4.73. The maximum Gasteiger partial charge on any atom is 0.573 e. The van der Waals surface area contributed by atoms with E-state index in [1.165, 1.54) is 41.0 Å². The number of amides is 1. The van der Waals surface area contributed by atoms with Gasteiger partial charge in [-0.3, -0.25) is 9.59 Å². The van der Waals surface area contributed by atoms with Crippen molar-refractivity contribution in [3.05, 3.63) is 64.1 Å². The van der Waals surface area contributed by atoms with Gasteiger partial charge in [0.2, 0.25) is 0 Å². The van der Waals surface area contributed by atoms with Crippen LogP contribution in [-0.2, 0) is 18.4 Å². The molecule has 1 amide bonds. The minimum absolute atomic E-state index is 0.0794. The van der Waals surface area contributed by atoms with Gasteiger partial charge in [-0.25, -0.2) is 4.98 Å². The lowest BCUT2D eigenvalue weighted by atomic mass is 9.95. The molecule has 0 spiro atoms. The molecular weight excluding hydrogens is 465 g/mol. The highest BCUT2D eigenvalue weighted by molar-refractivity contribution is 5.96. The second-order valence-electron chi connectivity index (χ2n) is 8.61. The second-order valence-corrected chi connectivity index (χ2v) is 8.61. The molecule has 1 saturated heterocycles. The summed E-state index contributed by atoms with van der Waals surface area (Å²) in [7, 11) is 1.64. The van der Waals surface area contributed by atoms with E-state index in [2.05, 4.69) is 14.6 Å². The Hall–Kier alpha value is -3.60. The van der Waals surface area contributed by atoms with E-state index < -0.39 is 12.3 Å². The topological polar surface area (TPSA) is 99.7 Å². The third-order valence-corrected chi connectivity index (χ3v) is 6.11. The molecule has 0 bridgehead atoms. The van der Waals surface area contributed by atoms with E-state index in [1.807, 2.05) is 6.92 Å². The number of halogens is 3. The molecule has 186 valence electrons. The van der Waals surface area contributed by atoms with E-state index in [0.29, 0.717) is 36.2 Å². The molecule has 0 saturated carbocycles. The largest absolute Gasteiger partial charge is 0.573 e. The standard InChI is InChI=1S/C24H25F3N4O4/c1-14-12-31(19-11-21(32)30(2)18-8-7-17(23(28)33)29-22(18)19)10-9-20(14)34-13-15-3-5-16(6-4-15)35-24(25,26)27/h3-8,11,14,20H,9-10,12-13H2,1-2H3,(H2,28,33)/t14-,20+/m1/s1. The summed E-state index contributed by atoms with van der Waals surface area (Å²) < 4.78 is 48.4. The number of piperidine rings is 1. The number of anilines is 1. The highest BCUT2D eigenvalue weighted by Gasteiger charge is 2.31. The molecule has 0 unspecified atom stereocenters. The number of carbonyl (C=O) groups excluding carboxylic acids is 1. The Morgan fingerprint density at radius 2 is 1.91 bits per heavy atom. The van der Waals surface area contributed by atoms with E-state index >= 15 is 0 Å². The first-order valence-corrected chi connectivity index (χ1v) is 11.0. The number of ether oxygens (including phenoxy) is 2. The molecule has 2 N–H and O–H groups in total. The van der Waals surface area contributed by atoms with Crippen LogP contribution in [0.2, 0.25) is 0 Å². The SMILES string of the molecule is C[C@@H]1CN(c2cc(=O)n(C)c3ccc(C(N)=O)nc23)CC[C@@H]1OCc1ccc(OC(F)(F)F)cc1. The molecule has 8 nitrogen and oxygen atoms in total. The van der Waals surface area contributed by atoms with Crippen LogP contribution in [0.4, 0.5) is 18.9 Å². The number of pyridine rings is 2. The zero-order valence-electron chi connectivity index (χ0n) is 19.2. The van der Waals surface area contributed by atoms with E-state index in [9.17, 15) is 22.8 Å². The Labute approximate surface area is 199 Å². The predicted molar refractivity (Wildman–Crippen MR) is 123 cm³/mol. The number of aryl methyl sites for hydroxylation is 1. The van der Waals surface area contributed by atoms with Crippen molar-refractivity contribution in [1.29, 1.82) is 0 Å². The average molecular weight is 490 g/mol. The van der Waals surface area contributed by atoms with Gasteiger partial charge in [-0.15, -0.1) is 13.2 Å². The van der Waals surface area contributed by atoms with Crippen molar-refractivity contribution in [2.45, 2.75) is 32.4 Å². The van der Waals surface area contributed by atoms with Gasteiger partial charge in [0.25, 0.3) is 11.5 Å². The Morgan fingerprint density at radius 1 is 1.20 bits per heavy atom. The molecule has 1 fully saturated rings. The molecule has 2 aromatic heterocycles. The van der Waals surface area contributed by atoms with Gasteiger partial charge in [0, 0.05) is 26.2 Å². The molecule has 35 heavy (non-hydrogen) atoms. The van der Waals surface area contributed by atoms with Crippen molar-refractivity contribution < 1.29 is 27.4 Å². The monoisotopic (exact) mass is 490 g/mol. The Bertz CT molecular complexity index is 1290. The predicted octanol–water partition coefficient (Wildman–Crippen LogP) is 3.36. The summed E-state index contributed by atoms with van der Waals surface area (Å²) in [6, 6.07) is 10.3. The summed E-state index contributed by atoms with van der Waals surface area (Å²) in [4.78, 5) is 30.7. The van der Waals surface area contributed by atoms with Crippen LogP contribution in [0.15, 0.2) is 47.3 Å². The molecule has 3 aromatic rings. The summed E-state index contributed by atoms with van der Waals surface area (Å²) in [5.41, 5.74) is 7.82. The number of hydrogen-bond acceptors (Lipinski definition) is 6. The summed E-state index contributed by atoms with van der Waals surface area (Å²) in [6.45, 7) is 3.47. The Balaban J connectivity index is 1.45. The van der Waals surface area contributed by atoms with E-state index in [4.69, 9.17) is 10.5 Å². The van der Waals surface area contributed by atoms with E-state index in [1.54, 1.807) is 13.1 Å². The molecule has 1 aromatic carbocycles. The van der Waals surface area contributed by atoms with Gasteiger partial charge in [-0.05, 0) is 42.2 Å². The van der Waals surface area contributed by atoms with Crippen molar-refractivity contribution in [1.82, 2.24) is 9.55 Å². The molecule has 0 aliphatic carbocycles. The van der Waals surface area contributed by atoms with Crippen molar-refractivity contribution in [2.24, 2.45) is 18.7 Å². The molecule has 1 aliphatic rings. The summed E-state index contributed by atoms with van der Waals surface area (Å²) in [6.07, 6.45) is -4.14. The van der Waals surface area contributed by atoms with Gasteiger partial charge >= 0.3 is 6.36 Å². The fourth-order valence-corrected chi connectivity index (χ4v) is 4.27. The number of aromatic nitrogens is 2. The molecule has 1 aliphatic heterocycles. The van der Waals surface area contributed by atoms with Gasteiger partial charge in [0.05, 0.1) is 23.9 Å². The zero-order valence-corrected chi connectivity index (χ0v) is 19.2. The molecular formula is C24H25F3N4O4. The van der Waals surface area contributed by atoms with Crippen LogP contribution in [0.1, 0.15) is 29.4 Å². The maximum atomic E-state index is 12.5. The number of benzene rings is 1. The average Bonchev–Trinajstić information content (AvgIpc) is 2.80. The number of fused-ring (bicyclic) bond motifs is 1. The summed E-state index contributed by atoms with van der Waals surface area (Å²) in [5.74, 6) is -0.836. The van der Waals surface area contributed by atoms with Gasteiger partial charge in [0.1, 0.15) is 17.0 Å². The summed E-state index contributed by atoms with van der Waals surface area (Å²) >= 11 is 0. The smallest absolute Gasteiger partial charge is 0.406 e. The number of carbonyl (C=O) groups is 1. The van der Waals surface area contributed by atoms with Crippen LogP contribution in [0, 0.1) is 5.92 Å². The van der Waals surface area contributed by atoms with Crippen LogP contribution in [0.5, 0.6) is 5.75 Å². The van der Waals surface area contributed by atoms with Gasteiger partial charge < -0.3 is 24.7 Å². The van der Waals surface area contributed by atoms with Gasteiger partial charge in [0.15, 0.2) is 0 Å². The number of hydrogen-bond donors (Lipinski definition) is 1. The number of nitrogens with zero attached hydrogens (tertiary/aromatic N) is 3. The normalized spacial score (nSPS) is 18.6. The van der Waals surface area contributed by atoms with Gasteiger partial charge in [-0.2, -0.15) is 0 Å². The first-order chi connectivity index (χ1) is 16.5. The number of alkyl halides is 3. The highest BCUT2D eigenvalue weighted by atomic mass is 19.4. The highest BCUT2D eigenvalue weighted by Crippen LogP contribution is 2.30. The fraction of sp³-hybridized carbons (Fsp3) is 0.375. The quantitative estimate of drug-likeness (QED) is 0.569. The van der Waals surface area contributed by atoms with Crippen LogP contribution < -0.4 is 20.9 Å². The van der Waals surface area contributed by atoms with Gasteiger partial charge in [-0.1, -0.05) is 19.1 Å². The van der Waals surface area contributed by atoms with Crippen LogP contribution in [-0.4, -0.2) is 41.0 Å². The number of rotatable bonds is 6. The lowest BCUT2D eigenvalue weighted by Crippen LogP contribution is -2.43. The first-order valence-electron chi connectivity index (χ1n) is 11.0. The Kier molecular flexibility index (Phi) is 6.70. The minimum Gasteiger partial charge on any atom is -0.406 e. The Morgan fingerprint density at radius 3 is 2.54 bits per heavy atom. The molecule has 2 atom stereocenters. The van der Waals surface area contributed by atoms with Crippen molar-refractivity contribution in [3.63, 3.8) is 0 Å². The number of nitrogens with two attached hydrogens (primary N) is 1. The molecule has 0 radical (unpaired) electrons. The molecule has 3 heterocycles. The lowest BCUT2D eigenvalue weighted by Gasteiger charge is -2.38. The van der Waals surface area contributed by atoms with E-state index in [0.717, 1.165) is 5.56 Å². The molecule has 11 heteroatoms. The second kappa shape index (κ2) is 9.57. The number of primary amides is 1. The lowest BCUT2D eigenvalue weighted by molar-refractivity contribution is -0.274. The van der Waals surface area contributed by atoms with Crippen LogP contribution in [0.25, 0.3) is 11.0 Å². The third kappa shape index (κ3) is 5.56. The maximum absolute atomic E-state index is 12.5. The van der Waals surface area contributed by atoms with Crippen molar-refractivity contribution in [3.8, 4) is 5.75 Å². The van der Waals surface area contributed by atoms with Crippen LogP contribution in [0.3, 0.4) is 0 Å².